The summed E-state index contributed by atoms with van der Waals surface area (Å²) in [7, 11) is 0. The fourth-order valence-electron chi connectivity index (χ4n) is 1.33. The SMILES string of the molecule is N#CCc1coc2c(Cl)cc(Br)cc12. The Bertz CT molecular complexity index is 527. The molecule has 0 spiro atoms. The van der Waals surface area contributed by atoms with Gasteiger partial charge in [0.1, 0.15) is 0 Å². The summed E-state index contributed by atoms with van der Waals surface area (Å²) in [4.78, 5) is 0. The van der Waals surface area contributed by atoms with Crippen LogP contribution in [0.1, 0.15) is 5.56 Å². The van der Waals surface area contributed by atoms with Gasteiger partial charge in [0.25, 0.3) is 0 Å². The molecule has 0 aliphatic rings. The zero-order valence-electron chi connectivity index (χ0n) is 7.05. The molecule has 0 fully saturated rings. The Hall–Kier alpha value is -0.980. The first-order valence-corrected chi connectivity index (χ1v) is 5.11. The number of hydrogen-bond donors (Lipinski definition) is 0. The van der Waals surface area contributed by atoms with E-state index in [2.05, 4.69) is 22.0 Å². The Morgan fingerprint density at radius 3 is 3.00 bits per heavy atom. The zero-order valence-corrected chi connectivity index (χ0v) is 9.39. The summed E-state index contributed by atoms with van der Waals surface area (Å²) < 4.78 is 6.17. The van der Waals surface area contributed by atoms with E-state index in [1.807, 2.05) is 6.07 Å². The van der Waals surface area contributed by atoms with Crippen molar-refractivity contribution in [2.24, 2.45) is 0 Å². The van der Waals surface area contributed by atoms with Crippen LogP contribution < -0.4 is 0 Å². The highest BCUT2D eigenvalue weighted by atomic mass is 79.9. The fourth-order valence-corrected chi connectivity index (χ4v) is 2.19. The van der Waals surface area contributed by atoms with Crippen molar-refractivity contribution < 1.29 is 4.42 Å². The second kappa shape index (κ2) is 3.64. The lowest BCUT2D eigenvalue weighted by Crippen LogP contribution is -1.77. The minimum atomic E-state index is 0.333. The van der Waals surface area contributed by atoms with Crippen molar-refractivity contribution in [1.82, 2.24) is 0 Å². The molecule has 1 aromatic heterocycles. The molecule has 0 saturated carbocycles. The number of benzene rings is 1. The van der Waals surface area contributed by atoms with Gasteiger partial charge in [0.05, 0.1) is 23.8 Å². The van der Waals surface area contributed by atoms with E-state index < -0.39 is 0 Å². The molecule has 0 aliphatic carbocycles. The van der Waals surface area contributed by atoms with Gasteiger partial charge in [-0.3, -0.25) is 0 Å². The molecule has 1 heterocycles. The zero-order chi connectivity index (χ0) is 10.1. The van der Waals surface area contributed by atoms with Gasteiger partial charge in [-0.15, -0.1) is 0 Å². The first-order valence-electron chi connectivity index (χ1n) is 3.94. The van der Waals surface area contributed by atoms with Crippen LogP contribution in [-0.2, 0) is 6.42 Å². The lowest BCUT2D eigenvalue weighted by atomic mass is 10.1. The number of nitrogens with zero attached hydrogens (tertiary/aromatic N) is 1. The second-order valence-electron chi connectivity index (χ2n) is 2.86. The highest BCUT2D eigenvalue weighted by molar-refractivity contribution is 9.10. The van der Waals surface area contributed by atoms with Gasteiger partial charge in [-0.25, -0.2) is 0 Å². The number of halogens is 2. The van der Waals surface area contributed by atoms with Crippen LogP contribution in [0.2, 0.25) is 5.02 Å². The van der Waals surface area contributed by atoms with Crippen LogP contribution in [0.3, 0.4) is 0 Å². The molecule has 0 radical (unpaired) electrons. The van der Waals surface area contributed by atoms with E-state index in [0.717, 1.165) is 15.4 Å². The molecule has 0 unspecified atom stereocenters. The van der Waals surface area contributed by atoms with Gasteiger partial charge < -0.3 is 4.42 Å². The number of rotatable bonds is 1. The average Bonchev–Trinajstić information content (AvgIpc) is 2.49. The van der Waals surface area contributed by atoms with Crippen molar-refractivity contribution in [2.45, 2.75) is 6.42 Å². The van der Waals surface area contributed by atoms with Gasteiger partial charge in [0, 0.05) is 15.4 Å². The molecular formula is C10H5BrClNO. The molecular weight excluding hydrogens is 265 g/mol. The number of furan rings is 1. The average molecular weight is 271 g/mol. The largest absolute Gasteiger partial charge is 0.462 e. The smallest absolute Gasteiger partial charge is 0.152 e. The molecule has 70 valence electrons. The maximum absolute atomic E-state index is 8.60. The summed E-state index contributed by atoms with van der Waals surface area (Å²) in [5.74, 6) is 0. The maximum Gasteiger partial charge on any atom is 0.152 e. The van der Waals surface area contributed by atoms with Crippen molar-refractivity contribution in [2.75, 3.05) is 0 Å². The Balaban J connectivity index is 2.73. The molecule has 2 nitrogen and oxygen atoms in total. The molecule has 0 atom stereocenters. The molecule has 4 heteroatoms. The van der Waals surface area contributed by atoms with Crippen molar-refractivity contribution >= 4 is 38.5 Å². The number of nitriles is 1. The molecule has 2 aromatic rings. The van der Waals surface area contributed by atoms with Crippen molar-refractivity contribution in [1.29, 1.82) is 5.26 Å². The summed E-state index contributed by atoms with van der Waals surface area (Å²) >= 11 is 9.31. The lowest BCUT2D eigenvalue weighted by molar-refractivity contribution is 0.612. The van der Waals surface area contributed by atoms with Crippen LogP contribution in [0.15, 0.2) is 27.3 Å². The molecule has 0 bridgehead atoms. The van der Waals surface area contributed by atoms with E-state index in [1.165, 1.54) is 0 Å². The van der Waals surface area contributed by atoms with Crippen LogP contribution in [0, 0.1) is 11.3 Å². The molecule has 14 heavy (non-hydrogen) atoms. The minimum Gasteiger partial charge on any atom is -0.462 e. The van der Waals surface area contributed by atoms with Gasteiger partial charge in [0.15, 0.2) is 5.58 Å². The molecule has 0 amide bonds. The van der Waals surface area contributed by atoms with Gasteiger partial charge in [-0.1, -0.05) is 27.5 Å². The third kappa shape index (κ3) is 1.52. The van der Waals surface area contributed by atoms with Crippen molar-refractivity contribution in [3.05, 3.63) is 33.5 Å². The Kier molecular flexibility index (Phi) is 2.49. The highest BCUT2D eigenvalue weighted by Gasteiger charge is 2.09. The molecule has 2 rings (SSSR count). The van der Waals surface area contributed by atoms with Crippen LogP contribution >= 0.6 is 27.5 Å². The summed E-state index contributed by atoms with van der Waals surface area (Å²) in [5, 5.41) is 10.0. The van der Waals surface area contributed by atoms with E-state index in [0.29, 0.717) is 17.0 Å². The monoisotopic (exact) mass is 269 g/mol. The van der Waals surface area contributed by atoms with Gasteiger partial charge in [-0.05, 0) is 12.1 Å². The third-order valence-corrected chi connectivity index (χ3v) is 2.68. The Labute approximate surface area is 94.2 Å². The minimum absolute atomic E-state index is 0.333. The molecule has 0 saturated heterocycles. The summed E-state index contributed by atoms with van der Waals surface area (Å²) in [6, 6.07) is 5.75. The van der Waals surface area contributed by atoms with Gasteiger partial charge >= 0.3 is 0 Å². The van der Waals surface area contributed by atoms with Crippen LogP contribution in [0.4, 0.5) is 0 Å². The predicted molar refractivity (Wildman–Crippen MR) is 58.2 cm³/mol. The number of fused-ring (bicyclic) bond motifs is 1. The standard InChI is InChI=1S/C10H5BrClNO/c11-7-3-8-6(1-2-13)5-14-10(8)9(12)4-7/h3-5H,1H2. The Morgan fingerprint density at radius 1 is 1.50 bits per heavy atom. The van der Waals surface area contributed by atoms with E-state index in [-0.39, 0.29) is 0 Å². The van der Waals surface area contributed by atoms with E-state index in [9.17, 15) is 0 Å². The number of hydrogen-bond acceptors (Lipinski definition) is 2. The second-order valence-corrected chi connectivity index (χ2v) is 4.18. The van der Waals surface area contributed by atoms with Crippen LogP contribution in [-0.4, -0.2) is 0 Å². The van der Waals surface area contributed by atoms with Crippen LogP contribution in [0.25, 0.3) is 11.0 Å². The van der Waals surface area contributed by atoms with E-state index in [4.69, 9.17) is 21.3 Å². The van der Waals surface area contributed by atoms with E-state index >= 15 is 0 Å². The summed E-state index contributed by atoms with van der Waals surface area (Å²) in [6.45, 7) is 0. The Morgan fingerprint density at radius 2 is 2.29 bits per heavy atom. The fraction of sp³-hybridized carbons (Fsp3) is 0.100. The van der Waals surface area contributed by atoms with Gasteiger partial charge in [0.2, 0.25) is 0 Å². The summed E-state index contributed by atoms with van der Waals surface area (Å²) in [6.07, 6.45) is 1.91. The normalized spacial score (nSPS) is 10.4. The summed E-state index contributed by atoms with van der Waals surface area (Å²) in [5.41, 5.74) is 1.51. The first kappa shape index (κ1) is 9.57. The van der Waals surface area contributed by atoms with Crippen molar-refractivity contribution in [3.8, 4) is 6.07 Å². The topological polar surface area (TPSA) is 36.9 Å². The van der Waals surface area contributed by atoms with E-state index in [1.54, 1.807) is 12.3 Å². The molecule has 1 aromatic carbocycles. The van der Waals surface area contributed by atoms with Crippen molar-refractivity contribution in [3.63, 3.8) is 0 Å². The highest BCUT2D eigenvalue weighted by Crippen LogP contribution is 2.31. The van der Waals surface area contributed by atoms with Crippen LogP contribution in [0.5, 0.6) is 0 Å². The quantitative estimate of drug-likeness (QED) is 0.787. The van der Waals surface area contributed by atoms with Gasteiger partial charge in [-0.2, -0.15) is 5.26 Å². The maximum atomic E-state index is 8.60. The lowest BCUT2D eigenvalue weighted by Gasteiger charge is -1.95. The molecule has 0 N–H and O–H groups in total. The first-order chi connectivity index (χ1) is 6.72. The predicted octanol–water partition coefficient (Wildman–Crippen LogP) is 3.91. The molecule has 0 aliphatic heterocycles. The third-order valence-electron chi connectivity index (χ3n) is 1.94.